The Kier molecular flexibility index (Phi) is 3.11. The number of nitrogens with two attached hydrogens (primary N) is 1. The van der Waals surface area contributed by atoms with Gasteiger partial charge in [0.15, 0.2) is 17.3 Å². The van der Waals surface area contributed by atoms with Crippen LogP contribution in [0.3, 0.4) is 0 Å². The Bertz CT molecular complexity index is 635. The molecule has 0 aliphatic heterocycles. The maximum absolute atomic E-state index is 13.6. The fraction of sp³-hybridized carbons (Fsp3) is 0.0769. The Morgan fingerprint density at radius 1 is 1.39 bits per heavy atom. The number of nitriles is 1. The van der Waals surface area contributed by atoms with Crippen molar-refractivity contribution < 1.29 is 9.13 Å². The zero-order valence-corrected chi connectivity index (χ0v) is 9.64. The minimum absolute atomic E-state index is 0.0196. The highest BCUT2D eigenvalue weighted by Gasteiger charge is 2.10. The van der Waals surface area contributed by atoms with Gasteiger partial charge in [0.05, 0.1) is 11.8 Å². The number of ether oxygens (including phenoxy) is 1. The van der Waals surface area contributed by atoms with Crippen LogP contribution in [0.15, 0.2) is 30.6 Å². The summed E-state index contributed by atoms with van der Waals surface area (Å²) in [5, 5.41) is 8.89. The molecule has 4 nitrogen and oxygen atoms in total. The SMILES string of the molecule is Cc1cc(Oc2cnccc2C#N)c(F)cc1N. The molecule has 18 heavy (non-hydrogen) atoms. The van der Waals surface area contributed by atoms with Gasteiger partial charge in [-0.15, -0.1) is 0 Å². The van der Waals surface area contributed by atoms with Crippen molar-refractivity contribution in [2.75, 3.05) is 5.73 Å². The number of anilines is 1. The minimum Gasteiger partial charge on any atom is -0.451 e. The largest absolute Gasteiger partial charge is 0.451 e. The predicted octanol–water partition coefficient (Wildman–Crippen LogP) is 2.78. The fourth-order valence-electron chi connectivity index (χ4n) is 1.42. The van der Waals surface area contributed by atoms with E-state index in [0.29, 0.717) is 16.8 Å². The van der Waals surface area contributed by atoms with Crippen LogP contribution in [0.1, 0.15) is 11.1 Å². The van der Waals surface area contributed by atoms with E-state index in [0.717, 1.165) is 0 Å². The number of pyridine rings is 1. The predicted molar refractivity (Wildman–Crippen MR) is 64.6 cm³/mol. The van der Waals surface area contributed by atoms with E-state index in [2.05, 4.69) is 4.98 Å². The summed E-state index contributed by atoms with van der Waals surface area (Å²) in [5.41, 5.74) is 6.93. The highest BCUT2D eigenvalue weighted by molar-refractivity contribution is 5.52. The molecule has 0 aliphatic carbocycles. The second kappa shape index (κ2) is 4.72. The molecule has 2 rings (SSSR count). The summed E-state index contributed by atoms with van der Waals surface area (Å²) in [7, 11) is 0. The van der Waals surface area contributed by atoms with Gasteiger partial charge >= 0.3 is 0 Å². The Labute approximate surface area is 103 Å². The molecule has 0 aliphatic rings. The third kappa shape index (κ3) is 2.23. The molecule has 0 spiro atoms. The summed E-state index contributed by atoms with van der Waals surface area (Å²) in [6.45, 7) is 1.75. The van der Waals surface area contributed by atoms with Gasteiger partial charge in [0.2, 0.25) is 0 Å². The number of aryl methyl sites for hydroxylation is 1. The summed E-state index contributed by atoms with van der Waals surface area (Å²) in [5.74, 6) is -0.347. The van der Waals surface area contributed by atoms with Crippen LogP contribution < -0.4 is 10.5 Å². The van der Waals surface area contributed by atoms with E-state index in [9.17, 15) is 4.39 Å². The van der Waals surface area contributed by atoms with Gasteiger partial charge in [-0.25, -0.2) is 4.39 Å². The van der Waals surface area contributed by atoms with Crippen LogP contribution in [0.2, 0.25) is 0 Å². The molecule has 1 aromatic carbocycles. The van der Waals surface area contributed by atoms with Gasteiger partial charge in [0.1, 0.15) is 6.07 Å². The van der Waals surface area contributed by atoms with Crippen molar-refractivity contribution in [3.63, 3.8) is 0 Å². The molecule has 0 bridgehead atoms. The van der Waals surface area contributed by atoms with Gasteiger partial charge in [-0.1, -0.05) is 0 Å². The van der Waals surface area contributed by atoms with Crippen molar-refractivity contribution in [3.8, 4) is 17.6 Å². The van der Waals surface area contributed by atoms with Crippen molar-refractivity contribution in [2.45, 2.75) is 6.92 Å². The number of nitrogen functional groups attached to an aromatic ring is 1. The van der Waals surface area contributed by atoms with Gasteiger partial charge in [0.25, 0.3) is 0 Å². The quantitative estimate of drug-likeness (QED) is 0.823. The van der Waals surface area contributed by atoms with Crippen LogP contribution in [-0.4, -0.2) is 4.98 Å². The highest BCUT2D eigenvalue weighted by atomic mass is 19.1. The molecule has 0 fully saturated rings. The van der Waals surface area contributed by atoms with E-state index in [1.165, 1.54) is 30.6 Å². The zero-order valence-electron chi connectivity index (χ0n) is 9.64. The standard InChI is InChI=1S/C13H10FN3O/c1-8-4-12(10(14)5-11(8)16)18-13-7-17-3-2-9(13)6-15/h2-5,7H,16H2,1H3. The van der Waals surface area contributed by atoms with Gasteiger partial charge in [-0.05, 0) is 24.6 Å². The molecule has 5 heteroatoms. The van der Waals surface area contributed by atoms with Crippen LogP contribution in [-0.2, 0) is 0 Å². The van der Waals surface area contributed by atoms with Crippen LogP contribution in [0.25, 0.3) is 0 Å². The molecule has 0 radical (unpaired) electrons. The normalized spacial score (nSPS) is 9.83. The molecule has 1 heterocycles. The molecule has 2 N–H and O–H groups in total. The number of aromatic nitrogens is 1. The molecule has 1 aromatic heterocycles. The average Bonchev–Trinajstić information content (AvgIpc) is 2.36. The Balaban J connectivity index is 2.41. The second-order valence-electron chi connectivity index (χ2n) is 3.72. The van der Waals surface area contributed by atoms with Crippen molar-refractivity contribution in [3.05, 3.63) is 47.5 Å². The molecule has 90 valence electrons. The molecular weight excluding hydrogens is 233 g/mol. The lowest BCUT2D eigenvalue weighted by Gasteiger charge is -2.09. The number of nitrogens with zero attached hydrogens (tertiary/aromatic N) is 2. The van der Waals surface area contributed by atoms with E-state index in [4.69, 9.17) is 15.7 Å². The lowest BCUT2D eigenvalue weighted by molar-refractivity contribution is 0.439. The summed E-state index contributed by atoms with van der Waals surface area (Å²) in [6.07, 6.45) is 2.83. The molecular formula is C13H10FN3O. The number of benzene rings is 1. The monoisotopic (exact) mass is 243 g/mol. The smallest absolute Gasteiger partial charge is 0.167 e. The van der Waals surface area contributed by atoms with Gasteiger partial charge in [0, 0.05) is 18.0 Å². The van der Waals surface area contributed by atoms with Crippen molar-refractivity contribution in [1.82, 2.24) is 4.98 Å². The summed E-state index contributed by atoms with van der Waals surface area (Å²) < 4.78 is 19.0. The van der Waals surface area contributed by atoms with Crippen molar-refractivity contribution >= 4 is 5.69 Å². The maximum Gasteiger partial charge on any atom is 0.167 e. The lowest BCUT2D eigenvalue weighted by Crippen LogP contribution is -1.96. The number of rotatable bonds is 2. The molecule has 0 unspecified atom stereocenters. The summed E-state index contributed by atoms with van der Waals surface area (Å²) in [4.78, 5) is 3.84. The molecule has 2 aromatic rings. The van der Waals surface area contributed by atoms with Gasteiger partial charge in [-0.2, -0.15) is 5.26 Å². The summed E-state index contributed by atoms with van der Waals surface area (Å²) >= 11 is 0. The molecule has 0 atom stereocenters. The third-order valence-electron chi connectivity index (χ3n) is 2.45. The zero-order chi connectivity index (χ0) is 13.1. The fourth-order valence-corrected chi connectivity index (χ4v) is 1.42. The third-order valence-corrected chi connectivity index (χ3v) is 2.45. The maximum atomic E-state index is 13.6. The number of hydrogen-bond acceptors (Lipinski definition) is 4. The second-order valence-corrected chi connectivity index (χ2v) is 3.72. The van der Waals surface area contributed by atoms with Crippen LogP contribution in [0.4, 0.5) is 10.1 Å². The van der Waals surface area contributed by atoms with E-state index < -0.39 is 5.82 Å². The van der Waals surface area contributed by atoms with E-state index >= 15 is 0 Å². The van der Waals surface area contributed by atoms with Crippen LogP contribution in [0.5, 0.6) is 11.5 Å². The highest BCUT2D eigenvalue weighted by Crippen LogP contribution is 2.29. The summed E-state index contributed by atoms with van der Waals surface area (Å²) in [6, 6.07) is 6.12. The average molecular weight is 243 g/mol. The number of hydrogen-bond donors (Lipinski definition) is 1. The van der Waals surface area contributed by atoms with Crippen LogP contribution in [0, 0.1) is 24.1 Å². The van der Waals surface area contributed by atoms with E-state index in [-0.39, 0.29) is 11.5 Å². The van der Waals surface area contributed by atoms with Crippen molar-refractivity contribution in [2.24, 2.45) is 0 Å². The van der Waals surface area contributed by atoms with Crippen LogP contribution >= 0.6 is 0 Å². The minimum atomic E-state index is -0.578. The molecule has 0 saturated heterocycles. The van der Waals surface area contributed by atoms with Gasteiger partial charge < -0.3 is 10.5 Å². The van der Waals surface area contributed by atoms with E-state index in [1.807, 2.05) is 6.07 Å². The molecule has 0 amide bonds. The van der Waals surface area contributed by atoms with E-state index in [1.54, 1.807) is 6.92 Å². The number of halogens is 1. The first-order valence-corrected chi connectivity index (χ1v) is 5.19. The van der Waals surface area contributed by atoms with Crippen molar-refractivity contribution in [1.29, 1.82) is 5.26 Å². The Morgan fingerprint density at radius 3 is 2.89 bits per heavy atom. The first-order valence-electron chi connectivity index (χ1n) is 5.19. The Morgan fingerprint density at radius 2 is 2.17 bits per heavy atom. The first-order chi connectivity index (χ1) is 8.61. The van der Waals surface area contributed by atoms with Gasteiger partial charge in [-0.3, -0.25) is 4.98 Å². The molecule has 0 saturated carbocycles. The topological polar surface area (TPSA) is 71.9 Å². The first kappa shape index (κ1) is 11.9. The lowest BCUT2D eigenvalue weighted by atomic mass is 10.2. The Hall–Kier alpha value is -2.61.